The van der Waals surface area contributed by atoms with Gasteiger partial charge in [-0.1, -0.05) is 22.5 Å². The standard InChI is InChI=1S/C25H27BrF3N7O2/c1-15(36(2)3)31-12-16(11-30)22(37)35-24(8-9-24)23(38)33-13-18-5-6-19(14-32-18)34-21-7-4-17(26)10-20(21)25(27,28)29/h4-7,10-12,14,34H,1,8-9,13,30H2,2-3H3,(H,33,38)(H,35,37)/b16-11+,31-12-. The Morgan fingerprint density at radius 1 is 1.26 bits per heavy atom. The van der Waals surface area contributed by atoms with Gasteiger partial charge in [-0.25, -0.2) is 4.99 Å². The maximum Gasteiger partial charge on any atom is 0.418 e. The van der Waals surface area contributed by atoms with Gasteiger partial charge in [0.1, 0.15) is 11.4 Å². The van der Waals surface area contributed by atoms with Crippen LogP contribution in [0.2, 0.25) is 0 Å². The summed E-state index contributed by atoms with van der Waals surface area (Å²) in [4.78, 5) is 35.3. The maximum atomic E-state index is 13.4. The molecule has 1 fully saturated rings. The summed E-state index contributed by atoms with van der Waals surface area (Å²) in [7, 11) is 3.50. The van der Waals surface area contributed by atoms with Gasteiger partial charge >= 0.3 is 6.18 Å². The number of aromatic nitrogens is 1. The predicted octanol–water partition coefficient (Wildman–Crippen LogP) is 3.82. The van der Waals surface area contributed by atoms with E-state index in [4.69, 9.17) is 5.73 Å². The number of alkyl halides is 3. The van der Waals surface area contributed by atoms with E-state index < -0.39 is 23.2 Å². The van der Waals surface area contributed by atoms with Crippen LogP contribution in [0, 0.1) is 0 Å². The van der Waals surface area contributed by atoms with Crippen molar-refractivity contribution in [2.24, 2.45) is 10.7 Å². The van der Waals surface area contributed by atoms with E-state index >= 15 is 0 Å². The van der Waals surface area contributed by atoms with Crippen LogP contribution < -0.4 is 21.7 Å². The van der Waals surface area contributed by atoms with Crippen LogP contribution in [-0.4, -0.2) is 47.5 Å². The molecule has 0 unspecified atom stereocenters. The van der Waals surface area contributed by atoms with Crippen molar-refractivity contribution in [2.75, 3.05) is 19.4 Å². The summed E-state index contributed by atoms with van der Waals surface area (Å²) in [5.74, 6) is -0.511. The highest BCUT2D eigenvalue weighted by molar-refractivity contribution is 9.10. The van der Waals surface area contributed by atoms with Gasteiger partial charge in [0.15, 0.2) is 0 Å². The van der Waals surface area contributed by atoms with E-state index in [0.29, 0.717) is 34.5 Å². The van der Waals surface area contributed by atoms with Gasteiger partial charge in [-0.2, -0.15) is 13.2 Å². The SMILES string of the molecule is C=C(/N=C\C(=C/N)C(=O)NC1(C(=O)NCc2ccc(Nc3ccc(Br)cc3C(F)(F)F)cn2)CC1)N(C)C. The summed E-state index contributed by atoms with van der Waals surface area (Å²) < 4.78 is 40.4. The molecule has 1 aromatic carbocycles. The highest BCUT2D eigenvalue weighted by atomic mass is 79.9. The van der Waals surface area contributed by atoms with Crippen LogP contribution in [0.15, 0.2) is 70.2 Å². The molecule has 1 aliphatic rings. The minimum absolute atomic E-state index is 0.0620. The summed E-state index contributed by atoms with van der Waals surface area (Å²) >= 11 is 3.05. The first-order chi connectivity index (χ1) is 17.8. The molecule has 2 amide bonds. The number of benzene rings is 1. The molecule has 9 nitrogen and oxygen atoms in total. The van der Waals surface area contributed by atoms with E-state index in [2.05, 4.69) is 48.4 Å². The molecule has 0 radical (unpaired) electrons. The lowest BCUT2D eigenvalue weighted by Gasteiger charge is -2.18. The molecule has 5 N–H and O–H groups in total. The summed E-state index contributed by atoms with van der Waals surface area (Å²) in [5.41, 5.74) is 4.47. The van der Waals surface area contributed by atoms with Crippen LogP contribution in [0.3, 0.4) is 0 Å². The van der Waals surface area contributed by atoms with Crippen molar-refractivity contribution >= 4 is 45.3 Å². The lowest BCUT2D eigenvalue weighted by atomic mass is 10.1. The van der Waals surface area contributed by atoms with Gasteiger partial charge in [-0.05, 0) is 43.2 Å². The van der Waals surface area contributed by atoms with Crippen LogP contribution in [0.5, 0.6) is 0 Å². The third-order valence-electron chi connectivity index (χ3n) is 5.67. The molecule has 1 aromatic heterocycles. The van der Waals surface area contributed by atoms with E-state index in [1.807, 2.05) is 0 Å². The normalized spacial score (nSPS) is 14.6. The number of rotatable bonds is 10. The quantitative estimate of drug-likeness (QED) is 0.245. The largest absolute Gasteiger partial charge is 0.418 e. The molecule has 2 aromatic rings. The molecule has 3 rings (SSSR count). The van der Waals surface area contributed by atoms with E-state index in [1.54, 1.807) is 31.1 Å². The molecule has 1 heterocycles. The average Bonchev–Trinajstić information content (AvgIpc) is 3.64. The smallest absolute Gasteiger partial charge is 0.404 e. The number of hydrogen-bond acceptors (Lipinski definition) is 7. The number of carbonyl (C=O) groups excluding carboxylic acids is 2. The Bertz CT molecular complexity index is 1270. The van der Waals surface area contributed by atoms with Gasteiger partial charge < -0.3 is 26.6 Å². The van der Waals surface area contributed by atoms with Crippen molar-refractivity contribution in [1.29, 1.82) is 0 Å². The lowest BCUT2D eigenvalue weighted by molar-refractivity contribution is -0.137. The number of nitrogens with one attached hydrogen (secondary N) is 3. The molecule has 0 aliphatic heterocycles. The zero-order valence-electron chi connectivity index (χ0n) is 20.7. The van der Waals surface area contributed by atoms with Gasteiger partial charge in [0.05, 0.1) is 40.9 Å². The van der Waals surface area contributed by atoms with Crippen molar-refractivity contribution in [3.8, 4) is 0 Å². The first-order valence-corrected chi connectivity index (χ1v) is 12.2. The zero-order chi connectivity index (χ0) is 28.1. The van der Waals surface area contributed by atoms with Crippen LogP contribution in [0.4, 0.5) is 24.5 Å². The molecular weight excluding hydrogens is 567 g/mol. The maximum absolute atomic E-state index is 13.4. The van der Waals surface area contributed by atoms with Crippen molar-refractivity contribution < 1.29 is 22.8 Å². The fourth-order valence-corrected chi connectivity index (χ4v) is 3.58. The van der Waals surface area contributed by atoms with Gasteiger partial charge in [0, 0.05) is 31.0 Å². The third kappa shape index (κ3) is 7.34. The topological polar surface area (TPSA) is 125 Å². The van der Waals surface area contributed by atoms with Gasteiger partial charge in [-0.15, -0.1) is 0 Å². The highest BCUT2D eigenvalue weighted by Gasteiger charge is 2.51. The fourth-order valence-electron chi connectivity index (χ4n) is 3.22. The van der Waals surface area contributed by atoms with E-state index in [1.165, 1.54) is 24.5 Å². The first kappa shape index (κ1) is 28.7. The summed E-state index contributed by atoms with van der Waals surface area (Å²) in [5, 5.41) is 8.16. The Labute approximate surface area is 226 Å². The summed E-state index contributed by atoms with van der Waals surface area (Å²) in [6.45, 7) is 3.80. The highest BCUT2D eigenvalue weighted by Crippen LogP contribution is 2.38. The molecular formula is C25H27BrF3N7O2. The summed E-state index contributed by atoms with van der Waals surface area (Å²) in [6.07, 6.45) is 0.117. The zero-order valence-corrected chi connectivity index (χ0v) is 22.3. The minimum atomic E-state index is -4.54. The molecule has 0 atom stereocenters. The van der Waals surface area contributed by atoms with Gasteiger partial charge in [0.2, 0.25) is 5.91 Å². The van der Waals surface area contributed by atoms with Gasteiger partial charge in [-0.3, -0.25) is 14.6 Å². The van der Waals surface area contributed by atoms with Crippen molar-refractivity contribution in [2.45, 2.75) is 31.1 Å². The predicted molar refractivity (Wildman–Crippen MR) is 142 cm³/mol. The Morgan fingerprint density at radius 3 is 2.53 bits per heavy atom. The van der Waals surface area contributed by atoms with Crippen molar-refractivity contribution in [1.82, 2.24) is 20.5 Å². The second-order valence-corrected chi connectivity index (χ2v) is 9.68. The Kier molecular flexibility index (Phi) is 8.82. The van der Waals surface area contributed by atoms with Crippen LogP contribution in [0.1, 0.15) is 24.1 Å². The molecule has 0 bridgehead atoms. The van der Waals surface area contributed by atoms with Gasteiger partial charge in [0.25, 0.3) is 5.91 Å². The molecule has 1 saturated carbocycles. The van der Waals surface area contributed by atoms with Crippen LogP contribution in [-0.2, 0) is 22.3 Å². The van der Waals surface area contributed by atoms with E-state index in [-0.39, 0.29) is 23.7 Å². The molecule has 38 heavy (non-hydrogen) atoms. The van der Waals surface area contributed by atoms with Crippen molar-refractivity contribution in [3.63, 3.8) is 0 Å². The molecule has 202 valence electrons. The van der Waals surface area contributed by atoms with Crippen molar-refractivity contribution in [3.05, 3.63) is 76.4 Å². The fraction of sp³-hybridized carbons (Fsp3) is 0.280. The number of nitrogens with zero attached hydrogens (tertiary/aromatic N) is 3. The second-order valence-electron chi connectivity index (χ2n) is 8.76. The monoisotopic (exact) mass is 593 g/mol. The van der Waals surface area contributed by atoms with Crippen LogP contribution >= 0.6 is 15.9 Å². The number of nitrogens with two attached hydrogens (primary N) is 1. The second kappa shape index (κ2) is 11.7. The Morgan fingerprint density at radius 2 is 1.97 bits per heavy atom. The number of carbonyl (C=O) groups is 2. The number of aliphatic imine (C=N–C) groups is 1. The Hall–Kier alpha value is -3.87. The number of hydrogen-bond donors (Lipinski definition) is 4. The molecule has 13 heteroatoms. The molecule has 0 saturated heterocycles. The first-order valence-electron chi connectivity index (χ1n) is 11.4. The molecule has 1 aliphatic carbocycles. The van der Waals surface area contributed by atoms with E-state index in [9.17, 15) is 22.8 Å². The summed E-state index contributed by atoms with van der Waals surface area (Å²) in [6, 6.07) is 6.95. The number of pyridine rings is 1. The number of amides is 2. The number of anilines is 2. The lowest BCUT2D eigenvalue weighted by Crippen LogP contribution is -2.49. The third-order valence-corrected chi connectivity index (χ3v) is 6.16. The average molecular weight is 594 g/mol. The van der Waals surface area contributed by atoms with E-state index in [0.717, 1.165) is 12.3 Å². The Balaban J connectivity index is 1.58. The minimum Gasteiger partial charge on any atom is -0.404 e. The van der Waals surface area contributed by atoms with Crippen LogP contribution in [0.25, 0.3) is 0 Å². The molecule has 0 spiro atoms. The number of halogens is 4.